The third-order valence-corrected chi connectivity index (χ3v) is 4.27. The number of aromatic nitrogens is 1. The molecule has 2 aromatic rings. The number of nitrogens with one attached hydrogen (secondary N) is 1. The third-order valence-electron chi connectivity index (χ3n) is 3.40. The van der Waals surface area contributed by atoms with Gasteiger partial charge in [0.1, 0.15) is 12.4 Å². The van der Waals surface area contributed by atoms with Crippen molar-refractivity contribution >= 4 is 22.4 Å². The van der Waals surface area contributed by atoms with Crippen LogP contribution in [0.15, 0.2) is 29.6 Å². The lowest BCUT2D eigenvalue weighted by atomic mass is 10.2. The molecule has 6 heteroatoms. The average molecular weight is 318 g/mol. The summed E-state index contributed by atoms with van der Waals surface area (Å²) in [5.74, 6) is 0.496. The molecule has 0 bridgehead atoms. The average Bonchev–Trinajstić information content (AvgIpc) is 3.17. The first-order valence-corrected chi connectivity index (χ1v) is 8.16. The molecule has 1 atom stereocenters. The molecule has 1 fully saturated rings. The van der Waals surface area contributed by atoms with Gasteiger partial charge in [-0.15, -0.1) is 11.3 Å². The van der Waals surface area contributed by atoms with Gasteiger partial charge in [-0.2, -0.15) is 0 Å². The Balaban J connectivity index is 1.61. The van der Waals surface area contributed by atoms with Gasteiger partial charge in [0, 0.05) is 17.6 Å². The van der Waals surface area contributed by atoms with Crippen LogP contribution < -0.4 is 10.1 Å². The molecule has 2 heterocycles. The molecule has 5 nitrogen and oxygen atoms in total. The predicted octanol–water partition coefficient (Wildman–Crippen LogP) is 3.26. The molecule has 1 amide bonds. The van der Waals surface area contributed by atoms with Gasteiger partial charge in [0.25, 0.3) is 5.91 Å². The number of anilines is 1. The first-order valence-electron chi connectivity index (χ1n) is 7.28. The summed E-state index contributed by atoms with van der Waals surface area (Å²) in [5.41, 5.74) is 1.45. The van der Waals surface area contributed by atoms with E-state index in [0.29, 0.717) is 23.1 Å². The predicted molar refractivity (Wildman–Crippen MR) is 85.7 cm³/mol. The van der Waals surface area contributed by atoms with Crippen LogP contribution in [0, 0.1) is 6.92 Å². The lowest BCUT2D eigenvalue weighted by Gasteiger charge is -2.12. The fraction of sp³-hybridized carbons (Fsp3) is 0.375. The summed E-state index contributed by atoms with van der Waals surface area (Å²) in [6, 6.07) is 7.16. The number of carbonyl (C=O) groups is 1. The summed E-state index contributed by atoms with van der Waals surface area (Å²) in [6.07, 6.45) is 2.28. The lowest BCUT2D eigenvalue weighted by molar-refractivity contribution is 0.0679. The van der Waals surface area contributed by atoms with E-state index in [2.05, 4.69) is 10.3 Å². The van der Waals surface area contributed by atoms with Crippen molar-refractivity contribution in [1.29, 1.82) is 0 Å². The SMILES string of the molecule is Cc1csc(NC(=O)c2cccc(OCC3CCCO3)c2)n1. The van der Waals surface area contributed by atoms with Gasteiger partial charge in [0.2, 0.25) is 0 Å². The zero-order valence-corrected chi connectivity index (χ0v) is 13.2. The molecule has 0 saturated carbocycles. The number of nitrogens with zero attached hydrogens (tertiary/aromatic N) is 1. The number of thiazole rings is 1. The molecule has 1 aromatic heterocycles. The molecule has 3 rings (SSSR count). The highest BCUT2D eigenvalue weighted by molar-refractivity contribution is 7.13. The monoisotopic (exact) mass is 318 g/mol. The van der Waals surface area contributed by atoms with Crippen molar-refractivity contribution in [3.63, 3.8) is 0 Å². The van der Waals surface area contributed by atoms with E-state index in [0.717, 1.165) is 25.1 Å². The van der Waals surface area contributed by atoms with Crippen LogP contribution in [0.3, 0.4) is 0 Å². The van der Waals surface area contributed by atoms with Crippen molar-refractivity contribution in [3.05, 3.63) is 40.9 Å². The Hall–Kier alpha value is -1.92. The lowest BCUT2D eigenvalue weighted by Crippen LogP contribution is -2.16. The Labute approximate surface area is 133 Å². The number of ether oxygens (including phenoxy) is 2. The first kappa shape index (κ1) is 15.0. The van der Waals surface area contributed by atoms with E-state index in [9.17, 15) is 4.79 Å². The van der Waals surface area contributed by atoms with E-state index in [1.807, 2.05) is 24.4 Å². The van der Waals surface area contributed by atoms with Crippen molar-refractivity contribution in [2.45, 2.75) is 25.9 Å². The van der Waals surface area contributed by atoms with Gasteiger partial charge in [-0.25, -0.2) is 4.98 Å². The maximum Gasteiger partial charge on any atom is 0.257 e. The summed E-state index contributed by atoms with van der Waals surface area (Å²) < 4.78 is 11.2. The van der Waals surface area contributed by atoms with Crippen molar-refractivity contribution in [2.24, 2.45) is 0 Å². The van der Waals surface area contributed by atoms with Crippen LogP contribution in [0.1, 0.15) is 28.9 Å². The van der Waals surface area contributed by atoms with Crippen LogP contribution in [0.5, 0.6) is 5.75 Å². The third kappa shape index (κ3) is 3.84. The molecule has 1 unspecified atom stereocenters. The standard InChI is InChI=1S/C16H18N2O3S/c1-11-10-22-16(17-11)18-15(19)12-4-2-5-13(8-12)21-9-14-6-3-7-20-14/h2,4-5,8,10,14H,3,6-7,9H2,1H3,(H,17,18,19). The molecule has 1 aliphatic heterocycles. The van der Waals surface area contributed by atoms with E-state index in [-0.39, 0.29) is 12.0 Å². The Kier molecular flexibility index (Phi) is 4.70. The number of carbonyl (C=O) groups excluding carboxylic acids is 1. The highest BCUT2D eigenvalue weighted by atomic mass is 32.1. The molecule has 1 N–H and O–H groups in total. The highest BCUT2D eigenvalue weighted by Gasteiger charge is 2.16. The number of amides is 1. The molecule has 0 radical (unpaired) electrons. The van der Waals surface area contributed by atoms with E-state index in [1.165, 1.54) is 11.3 Å². The minimum atomic E-state index is -0.183. The van der Waals surface area contributed by atoms with Crippen LogP contribution in [-0.4, -0.2) is 30.2 Å². The van der Waals surface area contributed by atoms with Crippen LogP contribution in [0.4, 0.5) is 5.13 Å². The molecular formula is C16H18N2O3S. The molecule has 1 saturated heterocycles. The van der Waals surface area contributed by atoms with Crippen LogP contribution in [-0.2, 0) is 4.74 Å². The second-order valence-corrected chi connectivity index (χ2v) is 6.08. The van der Waals surface area contributed by atoms with Gasteiger partial charge < -0.3 is 9.47 Å². The molecule has 22 heavy (non-hydrogen) atoms. The van der Waals surface area contributed by atoms with E-state index >= 15 is 0 Å². The van der Waals surface area contributed by atoms with Crippen molar-refractivity contribution in [3.8, 4) is 5.75 Å². The largest absolute Gasteiger partial charge is 0.491 e. The Bertz CT molecular complexity index is 650. The van der Waals surface area contributed by atoms with Crippen molar-refractivity contribution < 1.29 is 14.3 Å². The number of rotatable bonds is 5. The minimum absolute atomic E-state index is 0.163. The number of aryl methyl sites for hydroxylation is 1. The topological polar surface area (TPSA) is 60.5 Å². The van der Waals surface area contributed by atoms with Gasteiger partial charge in [-0.1, -0.05) is 6.07 Å². The highest BCUT2D eigenvalue weighted by Crippen LogP contribution is 2.19. The first-order chi connectivity index (χ1) is 10.7. The fourth-order valence-electron chi connectivity index (χ4n) is 2.27. The zero-order valence-electron chi connectivity index (χ0n) is 12.4. The Morgan fingerprint density at radius 1 is 1.55 bits per heavy atom. The zero-order chi connectivity index (χ0) is 15.4. The minimum Gasteiger partial charge on any atom is -0.491 e. The van der Waals surface area contributed by atoms with Gasteiger partial charge in [-0.05, 0) is 38.0 Å². The van der Waals surface area contributed by atoms with Crippen LogP contribution >= 0.6 is 11.3 Å². The van der Waals surface area contributed by atoms with E-state index < -0.39 is 0 Å². The number of hydrogen-bond donors (Lipinski definition) is 1. The number of hydrogen-bond acceptors (Lipinski definition) is 5. The summed E-state index contributed by atoms with van der Waals surface area (Å²) in [5, 5.41) is 5.30. The van der Waals surface area contributed by atoms with E-state index in [1.54, 1.807) is 12.1 Å². The molecule has 1 aliphatic rings. The maximum atomic E-state index is 12.2. The van der Waals surface area contributed by atoms with Gasteiger partial charge in [0.05, 0.1) is 11.8 Å². The molecular weight excluding hydrogens is 300 g/mol. The van der Waals surface area contributed by atoms with Gasteiger partial charge >= 0.3 is 0 Å². The fourth-order valence-corrected chi connectivity index (χ4v) is 2.96. The van der Waals surface area contributed by atoms with Crippen molar-refractivity contribution in [1.82, 2.24) is 4.98 Å². The molecule has 116 valence electrons. The van der Waals surface area contributed by atoms with E-state index in [4.69, 9.17) is 9.47 Å². The molecule has 0 spiro atoms. The Morgan fingerprint density at radius 3 is 3.18 bits per heavy atom. The summed E-state index contributed by atoms with van der Waals surface area (Å²) in [4.78, 5) is 16.4. The smallest absolute Gasteiger partial charge is 0.257 e. The van der Waals surface area contributed by atoms with Crippen LogP contribution in [0.2, 0.25) is 0 Å². The maximum absolute atomic E-state index is 12.2. The molecule has 0 aliphatic carbocycles. The quantitative estimate of drug-likeness (QED) is 0.919. The van der Waals surface area contributed by atoms with Gasteiger partial charge in [-0.3, -0.25) is 10.1 Å². The Morgan fingerprint density at radius 2 is 2.45 bits per heavy atom. The second-order valence-electron chi connectivity index (χ2n) is 5.22. The van der Waals surface area contributed by atoms with Crippen LogP contribution in [0.25, 0.3) is 0 Å². The van der Waals surface area contributed by atoms with Gasteiger partial charge in [0.15, 0.2) is 5.13 Å². The summed E-state index contributed by atoms with van der Waals surface area (Å²) in [7, 11) is 0. The van der Waals surface area contributed by atoms with Crippen molar-refractivity contribution in [2.75, 3.05) is 18.5 Å². The second kappa shape index (κ2) is 6.89. The number of benzene rings is 1. The molecule has 1 aromatic carbocycles. The summed E-state index contributed by atoms with van der Waals surface area (Å²) >= 11 is 1.41. The summed E-state index contributed by atoms with van der Waals surface area (Å²) in [6.45, 7) is 3.23. The normalized spacial score (nSPS) is 17.4.